The average molecular weight is 285 g/mol. The van der Waals surface area contributed by atoms with E-state index in [1.807, 2.05) is 0 Å². The van der Waals surface area contributed by atoms with Gasteiger partial charge in [-0.25, -0.2) is 8.60 Å². The fourth-order valence-corrected chi connectivity index (χ4v) is 3.21. The summed E-state index contributed by atoms with van der Waals surface area (Å²) in [5.74, 6) is -0.862. The van der Waals surface area contributed by atoms with Crippen molar-refractivity contribution in [2.75, 3.05) is 7.05 Å². The van der Waals surface area contributed by atoms with Crippen molar-refractivity contribution in [1.29, 1.82) is 0 Å². The van der Waals surface area contributed by atoms with Gasteiger partial charge in [0.2, 0.25) is 0 Å². The van der Waals surface area contributed by atoms with E-state index in [1.165, 1.54) is 31.3 Å². The highest BCUT2D eigenvalue weighted by Crippen LogP contribution is 2.22. The molecular weight excluding hydrogens is 277 g/mol. The van der Waals surface area contributed by atoms with Gasteiger partial charge in [0.05, 0.1) is 10.8 Å². The second-order valence-corrected chi connectivity index (χ2v) is 5.64. The molecule has 8 heteroatoms. The van der Waals surface area contributed by atoms with E-state index >= 15 is 0 Å². The van der Waals surface area contributed by atoms with Gasteiger partial charge in [0, 0.05) is 11.9 Å². The minimum Gasteiger partial charge on any atom is -0.354 e. The van der Waals surface area contributed by atoms with Crippen LogP contribution in [0.4, 0.5) is 4.39 Å². The van der Waals surface area contributed by atoms with E-state index in [0.717, 1.165) is 11.5 Å². The summed E-state index contributed by atoms with van der Waals surface area (Å²) in [5, 5.41) is 6.03. The molecule has 0 saturated carbocycles. The molecule has 1 atom stereocenters. The first-order valence-electron chi connectivity index (χ1n) is 4.85. The lowest BCUT2D eigenvalue weighted by atomic mass is 10.4. The molecule has 0 spiro atoms. The molecular formula is C10H8FN3O2S2. The molecule has 0 saturated heterocycles. The first-order valence-corrected chi connectivity index (χ1v) is 6.77. The molecule has 1 heterocycles. The highest BCUT2D eigenvalue weighted by atomic mass is 32.2. The maximum atomic E-state index is 12.8. The first-order chi connectivity index (χ1) is 8.63. The van der Waals surface area contributed by atoms with Crippen molar-refractivity contribution >= 4 is 28.2 Å². The molecule has 1 aromatic carbocycles. The third kappa shape index (κ3) is 2.44. The van der Waals surface area contributed by atoms with Crippen LogP contribution < -0.4 is 5.32 Å². The fourth-order valence-electron chi connectivity index (χ4n) is 1.23. The predicted molar refractivity (Wildman–Crippen MR) is 64.4 cm³/mol. The van der Waals surface area contributed by atoms with Crippen LogP contribution in [-0.2, 0) is 10.8 Å². The van der Waals surface area contributed by atoms with Crippen molar-refractivity contribution in [3.05, 3.63) is 35.8 Å². The first kappa shape index (κ1) is 12.8. The molecule has 0 aliphatic rings. The minimum atomic E-state index is -1.59. The molecule has 0 bridgehead atoms. The molecule has 5 nitrogen and oxygen atoms in total. The molecule has 0 fully saturated rings. The second-order valence-electron chi connectivity index (χ2n) is 3.21. The van der Waals surface area contributed by atoms with Crippen LogP contribution in [0.25, 0.3) is 0 Å². The van der Waals surface area contributed by atoms with E-state index in [4.69, 9.17) is 0 Å². The van der Waals surface area contributed by atoms with E-state index in [2.05, 4.69) is 14.9 Å². The second kappa shape index (κ2) is 5.32. The van der Waals surface area contributed by atoms with E-state index in [0.29, 0.717) is 4.90 Å². The van der Waals surface area contributed by atoms with Crippen molar-refractivity contribution in [3.63, 3.8) is 0 Å². The van der Waals surface area contributed by atoms with Gasteiger partial charge in [-0.05, 0) is 35.8 Å². The standard InChI is InChI=1S/C10H8FN3O2S2/c1-12-9(15)8-10(17-14-13-8)18(16)7-4-2-6(11)3-5-7/h2-5H,1H3,(H,12,15)/t18-/m1/s1. The van der Waals surface area contributed by atoms with Gasteiger partial charge in [0.1, 0.15) is 5.82 Å². The summed E-state index contributed by atoms with van der Waals surface area (Å²) in [5.41, 5.74) is 0.0326. The quantitative estimate of drug-likeness (QED) is 0.920. The number of benzene rings is 1. The molecule has 0 unspecified atom stereocenters. The SMILES string of the molecule is CNC(=O)c1nnsc1[S@](=O)c1ccc(F)cc1. The van der Waals surface area contributed by atoms with E-state index < -0.39 is 22.5 Å². The number of aromatic nitrogens is 2. The number of carbonyl (C=O) groups excluding carboxylic acids is 1. The Labute approximate surface area is 109 Å². The molecule has 18 heavy (non-hydrogen) atoms. The van der Waals surface area contributed by atoms with Crippen LogP contribution in [0, 0.1) is 5.82 Å². The van der Waals surface area contributed by atoms with Crippen LogP contribution in [-0.4, -0.2) is 26.8 Å². The zero-order valence-electron chi connectivity index (χ0n) is 9.21. The Bertz CT molecular complexity index is 597. The highest BCUT2D eigenvalue weighted by Gasteiger charge is 2.21. The molecule has 0 radical (unpaired) electrons. The summed E-state index contributed by atoms with van der Waals surface area (Å²) in [7, 11) is -0.141. The third-order valence-electron chi connectivity index (χ3n) is 2.10. The molecule has 2 aromatic rings. The number of halogens is 1. The Hall–Kier alpha value is -1.67. The van der Waals surface area contributed by atoms with Crippen LogP contribution >= 0.6 is 11.5 Å². The smallest absolute Gasteiger partial charge is 0.273 e. The molecule has 0 aliphatic heterocycles. The lowest BCUT2D eigenvalue weighted by Gasteiger charge is -2.00. The van der Waals surface area contributed by atoms with E-state index in [9.17, 15) is 13.4 Å². The van der Waals surface area contributed by atoms with E-state index in [-0.39, 0.29) is 9.90 Å². The molecule has 1 amide bonds. The zero-order valence-corrected chi connectivity index (χ0v) is 10.8. The minimum absolute atomic E-state index is 0.0326. The number of hydrogen-bond acceptors (Lipinski definition) is 5. The van der Waals surface area contributed by atoms with Crippen LogP contribution in [0.1, 0.15) is 10.5 Å². The van der Waals surface area contributed by atoms with Gasteiger partial charge in [0.25, 0.3) is 5.91 Å². The van der Waals surface area contributed by atoms with Crippen molar-refractivity contribution < 1.29 is 13.4 Å². The summed E-state index contributed by atoms with van der Waals surface area (Å²) < 4.78 is 28.8. The zero-order chi connectivity index (χ0) is 13.1. The molecule has 2 rings (SSSR count). The molecule has 1 aromatic heterocycles. The third-order valence-corrected chi connectivity index (χ3v) is 4.53. The van der Waals surface area contributed by atoms with Gasteiger partial charge in [-0.15, -0.1) is 5.10 Å². The Morgan fingerprint density at radius 3 is 2.67 bits per heavy atom. The maximum Gasteiger partial charge on any atom is 0.273 e. The van der Waals surface area contributed by atoms with Gasteiger partial charge in [0.15, 0.2) is 9.90 Å². The topological polar surface area (TPSA) is 72.0 Å². The van der Waals surface area contributed by atoms with Gasteiger partial charge < -0.3 is 5.32 Å². The molecule has 0 aliphatic carbocycles. The Morgan fingerprint density at radius 2 is 2.06 bits per heavy atom. The van der Waals surface area contributed by atoms with Crippen LogP contribution in [0.3, 0.4) is 0 Å². The highest BCUT2D eigenvalue weighted by molar-refractivity contribution is 7.87. The number of carbonyl (C=O) groups is 1. The summed E-state index contributed by atoms with van der Waals surface area (Å²) in [6.45, 7) is 0. The summed E-state index contributed by atoms with van der Waals surface area (Å²) in [4.78, 5) is 11.9. The van der Waals surface area contributed by atoms with Crippen molar-refractivity contribution in [3.8, 4) is 0 Å². The van der Waals surface area contributed by atoms with Gasteiger partial charge in [-0.3, -0.25) is 4.79 Å². The monoisotopic (exact) mass is 285 g/mol. The number of nitrogens with one attached hydrogen (secondary N) is 1. The van der Waals surface area contributed by atoms with Crippen molar-refractivity contribution in [2.45, 2.75) is 9.10 Å². The molecule has 1 N–H and O–H groups in total. The van der Waals surface area contributed by atoms with E-state index in [1.54, 1.807) is 0 Å². The van der Waals surface area contributed by atoms with Crippen molar-refractivity contribution in [2.24, 2.45) is 0 Å². The number of rotatable bonds is 3. The van der Waals surface area contributed by atoms with Gasteiger partial charge in [-0.2, -0.15) is 0 Å². The van der Waals surface area contributed by atoms with Crippen LogP contribution in [0.15, 0.2) is 33.4 Å². The summed E-state index contributed by atoms with van der Waals surface area (Å²) in [6.07, 6.45) is 0. The fraction of sp³-hybridized carbons (Fsp3) is 0.100. The Morgan fingerprint density at radius 1 is 1.39 bits per heavy atom. The van der Waals surface area contributed by atoms with Gasteiger partial charge in [-0.1, -0.05) is 4.49 Å². The number of nitrogens with zero attached hydrogens (tertiary/aromatic N) is 2. The predicted octanol–water partition coefficient (Wildman–Crippen LogP) is 1.20. The van der Waals surface area contributed by atoms with Gasteiger partial charge >= 0.3 is 0 Å². The number of hydrogen-bond donors (Lipinski definition) is 1. The largest absolute Gasteiger partial charge is 0.354 e. The van der Waals surface area contributed by atoms with Crippen LogP contribution in [0.2, 0.25) is 0 Å². The Balaban J connectivity index is 2.37. The lowest BCUT2D eigenvalue weighted by molar-refractivity contribution is 0.0955. The normalized spacial score (nSPS) is 12.1. The average Bonchev–Trinajstić information content (AvgIpc) is 2.87. The number of amides is 1. The Kier molecular flexibility index (Phi) is 3.78. The maximum absolute atomic E-state index is 12.8. The summed E-state index contributed by atoms with van der Waals surface area (Å²) in [6, 6.07) is 5.22. The molecule has 94 valence electrons. The van der Waals surface area contributed by atoms with Crippen LogP contribution in [0.5, 0.6) is 0 Å². The lowest BCUT2D eigenvalue weighted by Crippen LogP contribution is -2.19. The summed E-state index contributed by atoms with van der Waals surface area (Å²) >= 11 is 0.885. The van der Waals surface area contributed by atoms with Crippen molar-refractivity contribution in [1.82, 2.24) is 14.9 Å².